The van der Waals surface area contributed by atoms with Crippen LogP contribution in [-0.2, 0) is 20.3 Å². The lowest BCUT2D eigenvalue weighted by atomic mass is 9.39. The fourth-order valence-corrected chi connectivity index (χ4v) is 9.65. The maximum atomic E-state index is 14.2. The number of rotatable bonds is 6. The largest absolute Gasteiger partial charge is 0.454 e. The van der Waals surface area contributed by atoms with E-state index in [1.54, 1.807) is 24.3 Å². The molecule has 234 valence electrons. The highest BCUT2D eigenvalue weighted by atomic mass is 16.6. The summed E-state index contributed by atoms with van der Waals surface area (Å²) in [4.78, 5) is 28.5. The molecule has 0 aromatic heterocycles. The van der Waals surface area contributed by atoms with Gasteiger partial charge in [0.15, 0.2) is 12.2 Å². The van der Waals surface area contributed by atoms with E-state index in [2.05, 4.69) is 84.9 Å². The van der Waals surface area contributed by atoms with E-state index in [9.17, 15) is 9.59 Å². The van der Waals surface area contributed by atoms with Gasteiger partial charge >= 0.3 is 11.9 Å². The summed E-state index contributed by atoms with van der Waals surface area (Å²) in [6, 6.07) is 52.5. The van der Waals surface area contributed by atoms with Crippen molar-refractivity contribution in [3.05, 3.63) is 191 Å². The molecule has 6 unspecified atom stereocenters. The fourth-order valence-electron chi connectivity index (χ4n) is 9.65. The molecule has 6 atom stereocenters. The first kappa shape index (κ1) is 28.7. The molecule has 4 heteroatoms. The Morgan fingerprint density at radius 2 is 0.833 bits per heavy atom. The summed E-state index contributed by atoms with van der Waals surface area (Å²) in [7, 11) is 0. The monoisotopic (exact) mass is 626 g/mol. The van der Waals surface area contributed by atoms with E-state index in [0.717, 1.165) is 24.0 Å². The van der Waals surface area contributed by atoms with Gasteiger partial charge in [0, 0.05) is 22.7 Å². The Hall–Kier alpha value is -5.48. The molecular formula is C44H34O4. The predicted octanol–water partition coefficient (Wildman–Crippen LogP) is 9.16. The number of ether oxygens (including phenoxy) is 2. The molecule has 48 heavy (non-hydrogen) atoms. The van der Waals surface area contributed by atoms with E-state index in [0.29, 0.717) is 11.1 Å². The van der Waals surface area contributed by atoms with Gasteiger partial charge in [0.05, 0.1) is 11.1 Å². The van der Waals surface area contributed by atoms with Crippen molar-refractivity contribution in [3.8, 4) is 0 Å². The second-order valence-electron chi connectivity index (χ2n) is 13.4. The zero-order chi connectivity index (χ0) is 32.3. The number of hydrogen-bond donors (Lipinski definition) is 0. The molecule has 0 spiro atoms. The van der Waals surface area contributed by atoms with Crippen LogP contribution in [0.2, 0.25) is 0 Å². The van der Waals surface area contributed by atoms with Crippen LogP contribution in [0.1, 0.15) is 67.6 Å². The SMILES string of the molecule is O=C(OC1C(OC(=O)c2ccccc2)C2(c3ccccc3)CCC1(c1ccccc1)C1c3cccc4cccc(c34)C12)c1ccccc1. The zero-order valence-electron chi connectivity index (χ0n) is 26.4. The third-order valence-corrected chi connectivity index (χ3v) is 11.4. The highest BCUT2D eigenvalue weighted by Crippen LogP contribution is 2.74. The van der Waals surface area contributed by atoms with Gasteiger partial charge in [-0.1, -0.05) is 133 Å². The molecule has 0 heterocycles. The van der Waals surface area contributed by atoms with Gasteiger partial charge in [-0.2, -0.15) is 0 Å². The molecule has 4 aliphatic rings. The Balaban J connectivity index is 1.35. The standard InChI is InChI=1S/C44H34O4/c45-41(30-15-5-1-6-16-30)47-39-40(48-42(46)31-17-7-2-8-18-31)44(33-23-11-4-12-24-33)28-27-43(39,32-21-9-3-10-22-32)37-34-25-13-19-29-20-14-26-35(36(29)34)38(37)44/h1-26,37-40H,27-28H2. The van der Waals surface area contributed by atoms with Crippen molar-refractivity contribution in [2.75, 3.05) is 0 Å². The molecule has 3 saturated carbocycles. The Kier molecular flexibility index (Phi) is 6.62. The summed E-state index contributed by atoms with van der Waals surface area (Å²) in [5.41, 5.74) is 4.31. The van der Waals surface area contributed by atoms with Gasteiger partial charge in [0.25, 0.3) is 0 Å². The van der Waals surface area contributed by atoms with Crippen molar-refractivity contribution in [1.29, 1.82) is 0 Å². The van der Waals surface area contributed by atoms with Crippen LogP contribution in [0.15, 0.2) is 158 Å². The van der Waals surface area contributed by atoms with Gasteiger partial charge in [0.2, 0.25) is 0 Å². The normalized spacial score (nSPS) is 26.5. The van der Waals surface area contributed by atoms with Gasteiger partial charge < -0.3 is 9.47 Å². The topological polar surface area (TPSA) is 52.6 Å². The van der Waals surface area contributed by atoms with Gasteiger partial charge in [-0.05, 0) is 70.1 Å². The van der Waals surface area contributed by atoms with Crippen LogP contribution in [0.25, 0.3) is 10.8 Å². The molecule has 0 radical (unpaired) electrons. The average Bonchev–Trinajstić information content (AvgIpc) is 3.52. The Morgan fingerprint density at radius 3 is 1.23 bits per heavy atom. The molecule has 2 bridgehead atoms. The molecule has 0 amide bonds. The highest BCUT2D eigenvalue weighted by Gasteiger charge is 2.74. The lowest BCUT2D eigenvalue weighted by molar-refractivity contribution is -0.165. The van der Waals surface area contributed by atoms with Crippen molar-refractivity contribution < 1.29 is 19.1 Å². The Morgan fingerprint density at radius 1 is 0.458 bits per heavy atom. The molecule has 0 saturated heterocycles. The second-order valence-corrected chi connectivity index (χ2v) is 13.4. The number of fused-ring (bicyclic) bond motifs is 2. The lowest BCUT2D eigenvalue weighted by Crippen LogP contribution is -2.71. The highest BCUT2D eigenvalue weighted by molar-refractivity contribution is 5.94. The molecule has 4 nitrogen and oxygen atoms in total. The zero-order valence-corrected chi connectivity index (χ0v) is 26.4. The number of carbonyl (C=O) groups excluding carboxylic acids is 2. The van der Waals surface area contributed by atoms with Gasteiger partial charge in [0.1, 0.15) is 0 Å². The summed E-state index contributed by atoms with van der Waals surface area (Å²) < 4.78 is 13.7. The van der Waals surface area contributed by atoms with Crippen molar-refractivity contribution in [1.82, 2.24) is 0 Å². The van der Waals surface area contributed by atoms with Crippen LogP contribution in [0, 0.1) is 0 Å². The first-order valence-corrected chi connectivity index (χ1v) is 16.8. The van der Waals surface area contributed by atoms with Crippen molar-refractivity contribution >= 4 is 22.7 Å². The summed E-state index contributed by atoms with van der Waals surface area (Å²) in [6.07, 6.45) is -0.0484. The quantitative estimate of drug-likeness (QED) is 0.173. The molecular weight excluding hydrogens is 592 g/mol. The predicted molar refractivity (Wildman–Crippen MR) is 186 cm³/mol. The van der Waals surface area contributed by atoms with Crippen LogP contribution < -0.4 is 0 Å². The third-order valence-electron chi connectivity index (χ3n) is 11.4. The molecule has 6 aromatic rings. The molecule has 3 fully saturated rings. The van der Waals surface area contributed by atoms with E-state index in [1.165, 1.54) is 21.9 Å². The van der Waals surface area contributed by atoms with E-state index < -0.39 is 35.0 Å². The number of carbonyl (C=O) groups is 2. The first-order chi connectivity index (χ1) is 23.6. The van der Waals surface area contributed by atoms with E-state index in [-0.39, 0.29) is 11.8 Å². The molecule has 4 aliphatic carbocycles. The van der Waals surface area contributed by atoms with Crippen LogP contribution in [0.3, 0.4) is 0 Å². The van der Waals surface area contributed by atoms with Crippen molar-refractivity contribution in [3.63, 3.8) is 0 Å². The summed E-state index contributed by atoms with van der Waals surface area (Å²) in [5, 5.41) is 2.46. The summed E-state index contributed by atoms with van der Waals surface area (Å²) >= 11 is 0. The fraction of sp³-hybridized carbons (Fsp3) is 0.182. The van der Waals surface area contributed by atoms with E-state index >= 15 is 0 Å². The van der Waals surface area contributed by atoms with E-state index in [4.69, 9.17) is 9.47 Å². The Bertz CT molecular complexity index is 2000. The van der Waals surface area contributed by atoms with Gasteiger partial charge in [-0.3, -0.25) is 0 Å². The number of hydrogen-bond acceptors (Lipinski definition) is 4. The number of benzene rings is 6. The number of esters is 2. The van der Waals surface area contributed by atoms with Crippen LogP contribution in [-0.4, -0.2) is 24.1 Å². The first-order valence-electron chi connectivity index (χ1n) is 16.8. The maximum absolute atomic E-state index is 14.2. The Labute approximate surface area is 280 Å². The van der Waals surface area contributed by atoms with Crippen molar-refractivity contribution in [2.45, 2.75) is 47.7 Å². The third kappa shape index (κ3) is 4.02. The maximum Gasteiger partial charge on any atom is 0.338 e. The average molecular weight is 627 g/mol. The van der Waals surface area contributed by atoms with Gasteiger partial charge in [-0.25, -0.2) is 9.59 Å². The summed E-state index contributed by atoms with van der Waals surface area (Å²) in [5.74, 6) is -0.902. The summed E-state index contributed by atoms with van der Waals surface area (Å²) in [6.45, 7) is 0. The second kappa shape index (κ2) is 11.1. The van der Waals surface area contributed by atoms with Crippen LogP contribution >= 0.6 is 0 Å². The minimum atomic E-state index is -0.778. The molecule has 6 aromatic carbocycles. The molecule has 0 aliphatic heterocycles. The molecule has 0 N–H and O–H groups in total. The van der Waals surface area contributed by atoms with Gasteiger partial charge in [-0.15, -0.1) is 0 Å². The van der Waals surface area contributed by atoms with E-state index in [1.807, 2.05) is 48.5 Å². The lowest BCUT2D eigenvalue weighted by Gasteiger charge is -2.66. The van der Waals surface area contributed by atoms with Crippen LogP contribution in [0.5, 0.6) is 0 Å². The minimum absolute atomic E-state index is 0.0322. The van der Waals surface area contributed by atoms with Crippen LogP contribution in [0.4, 0.5) is 0 Å². The van der Waals surface area contributed by atoms with Crippen molar-refractivity contribution in [2.24, 2.45) is 0 Å². The minimum Gasteiger partial charge on any atom is -0.454 e. The smallest absolute Gasteiger partial charge is 0.338 e. The molecule has 10 rings (SSSR count).